The van der Waals surface area contributed by atoms with Gasteiger partial charge in [-0.3, -0.25) is 0 Å². The van der Waals surface area contributed by atoms with Crippen LogP contribution in [0.25, 0.3) is 111 Å². The molecule has 0 aliphatic carbocycles. The Bertz CT molecular complexity index is 3730. The van der Waals surface area contributed by atoms with E-state index in [-0.39, 0.29) is 0 Å². The second kappa shape index (κ2) is 15.2. The molecule has 64 heavy (non-hydrogen) atoms. The van der Waals surface area contributed by atoms with Gasteiger partial charge >= 0.3 is 0 Å². The maximum atomic E-state index is 9.86. The van der Waals surface area contributed by atoms with E-state index in [2.05, 4.69) is 185 Å². The molecule has 0 unspecified atom stereocenters. The van der Waals surface area contributed by atoms with E-state index in [1.807, 2.05) is 42.5 Å². The highest BCUT2D eigenvalue weighted by molar-refractivity contribution is 6.12. The lowest BCUT2D eigenvalue weighted by molar-refractivity contribution is 1.07. The summed E-state index contributed by atoms with van der Waals surface area (Å²) in [6, 6.07) is 78.2. The number of aromatic nitrogens is 5. The first-order chi connectivity index (χ1) is 31.7. The lowest BCUT2D eigenvalue weighted by Gasteiger charge is -2.15. The van der Waals surface area contributed by atoms with E-state index < -0.39 is 0 Å². The Balaban J connectivity index is 1.10. The Morgan fingerprint density at radius 2 is 0.750 bits per heavy atom. The van der Waals surface area contributed by atoms with Gasteiger partial charge in [0, 0.05) is 49.6 Å². The molecule has 0 amide bonds. The Labute approximate surface area is 369 Å². The SMILES string of the molecule is N#Cc1cccc(-c2nc(-c3ccc(-c4ccccc4)cc3)nc(-c3cc(-c4ccccc4)cc(-n4c5ccccc5c5ccc(-n6c7ccccc7c7ccccc76)cc54)c3)n2)c1. The van der Waals surface area contributed by atoms with Crippen molar-refractivity contribution in [1.29, 1.82) is 5.26 Å². The number of rotatable bonds is 7. The van der Waals surface area contributed by atoms with Crippen LogP contribution in [0.5, 0.6) is 0 Å². The van der Waals surface area contributed by atoms with Gasteiger partial charge in [0.15, 0.2) is 17.5 Å². The molecule has 3 aromatic heterocycles. The number of para-hydroxylation sites is 3. The van der Waals surface area contributed by atoms with Crippen molar-refractivity contribution in [3.8, 4) is 73.9 Å². The molecule has 0 N–H and O–H groups in total. The number of nitriles is 1. The molecule has 0 bridgehead atoms. The van der Waals surface area contributed by atoms with Crippen LogP contribution < -0.4 is 0 Å². The van der Waals surface area contributed by atoms with E-state index in [4.69, 9.17) is 15.0 Å². The molecule has 12 aromatic rings. The summed E-state index contributed by atoms with van der Waals surface area (Å²) in [6.45, 7) is 0. The second-order valence-electron chi connectivity index (χ2n) is 16.0. The molecule has 6 heteroatoms. The summed E-state index contributed by atoms with van der Waals surface area (Å²) in [5, 5.41) is 14.6. The standard InChI is InChI=1S/C58H36N6/c59-37-38-14-13-19-43(32-38)57-60-56(42-28-26-41(27-29-42)39-15-3-1-4-16-39)61-58(62-57)45-33-44(40-17-5-2-6-18-40)34-47(35-45)64-54-25-12-9-22-50(54)51-31-30-46(36-55(51)64)63-52-23-10-7-20-48(52)49-21-8-11-24-53(49)63/h1-36H. The normalized spacial score (nSPS) is 11.4. The first-order valence-corrected chi connectivity index (χ1v) is 21.3. The summed E-state index contributed by atoms with van der Waals surface area (Å²) in [6.07, 6.45) is 0. The number of benzene rings is 9. The fourth-order valence-electron chi connectivity index (χ4n) is 9.18. The maximum Gasteiger partial charge on any atom is 0.164 e. The van der Waals surface area contributed by atoms with Gasteiger partial charge in [-0.15, -0.1) is 0 Å². The van der Waals surface area contributed by atoms with E-state index in [9.17, 15) is 5.26 Å². The summed E-state index contributed by atoms with van der Waals surface area (Å²) >= 11 is 0. The zero-order chi connectivity index (χ0) is 42.6. The van der Waals surface area contributed by atoms with Crippen LogP contribution in [0.3, 0.4) is 0 Å². The van der Waals surface area contributed by atoms with Crippen molar-refractivity contribution < 1.29 is 0 Å². The van der Waals surface area contributed by atoms with Gasteiger partial charge in [-0.2, -0.15) is 5.26 Å². The van der Waals surface area contributed by atoms with E-state index in [0.717, 1.165) is 77.8 Å². The third-order valence-corrected chi connectivity index (χ3v) is 12.2. The Morgan fingerprint density at radius 1 is 0.297 bits per heavy atom. The van der Waals surface area contributed by atoms with Crippen LogP contribution in [0, 0.1) is 11.3 Å². The molecule has 298 valence electrons. The number of nitrogens with zero attached hydrogens (tertiary/aromatic N) is 6. The second-order valence-corrected chi connectivity index (χ2v) is 16.0. The number of fused-ring (bicyclic) bond motifs is 6. The molecule has 0 saturated heterocycles. The van der Waals surface area contributed by atoms with Gasteiger partial charge in [-0.25, -0.2) is 15.0 Å². The van der Waals surface area contributed by atoms with Gasteiger partial charge < -0.3 is 9.13 Å². The van der Waals surface area contributed by atoms with Crippen molar-refractivity contribution in [2.45, 2.75) is 0 Å². The Kier molecular flexibility index (Phi) is 8.77. The van der Waals surface area contributed by atoms with Crippen molar-refractivity contribution in [3.05, 3.63) is 224 Å². The highest BCUT2D eigenvalue weighted by Crippen LogP contribution is 2.39. The predicted octanol–water partition coefficient (Wildman–Crippen LogP) is 14.3. The van der Waals surface area contributed by atoms with Crippen LogP contribution in [0.2, 0.25) is 0 Å². The zero-order valence-electron chi connectivity index (χ0n) is 34.5. The van der Waals surface area contributed by atoms with Crippen LogP contribution in [0.15, 0.2) is 218 Å². The number of hydrogen-bond donors (Lipinski definition) is 0. The van der Waals surface area contributed by atoms with E-state index >= 15 is 0 Å². The third kappa shape index (κ3) is 6.31. The zero-order valence-corrected chi connectivity index (χ0v) is 34.5. The summed E-state index contributed by atoms with van der Waals surface area (Å²) in [5.74, 6) is 1.56. The summed E-state index contributed by atoms with van der Waals surface area (Å²) in [5.41, 5.74) is 13.9. The summed E-state index contributed by atoms with van der Waals surface area (Å²) < 4.78 is 4.75. The Hall–Kier alpha value is -8.92. The molecule has 12 rings (SSSR count). The molecular weight excluding hydrogens is 781 g/mol. The summed E-state index contributed by atoms with van der Waals surface area (Å²) in [4.78, 5) is 15.5. The monoisotopic (exact) mass is 816 g/mol. The van der Waals surface area contributed by atoms with E-state index in [1.54, 1.807) is 6.07 Å². The smallest absolute Gasteiger partial charge is 0.164 e. The maximum absolute atomic E-state index is 9.86. The minimum Gasteiger partial charge on any atom is -0.309 e. The molecular formula is C58H36N6. The first kappa shape index (κ1) is 36.9. The van der Waals surface area contributed by atoms with Gasteiger partial charge in [0.1, 0.15) is 0 Å². The molecule has 3 heterocycles. The average molecular weight is 817 g/mol. The molecule has 0 fully saturated rings. The largest absolute Gasteiger partial charge is 0.309 e. The van der Waals surface area contributed by atoms with Gasteiger partial charge in [-0.1, -0.05) is 158 Å². The topological polar surface area (TPSA) is 72.3 Å². The van der Waals surface area contributed by atoms with Crippen molar-refractivity contribution in [2.24, 2.45) is 0 Å². The molecule has 0 aliphatic rings. The van der Waals surface area contributed by atoms with Crippen molar-refractivity contribution in [2.75, 3.05) is 0 Å². The highest BCUT2D eigenvalue weighted by Gasteiger charge is 2.20. The molecule has 0 spiro atoms. The third-order valence-electron chi connectivity index (χ3n) is 12.2. The molecule has 9 aromatic carbocycles. The average Bonchev–Trinajstić information content (AvgIpc) is 3.89. The fourth-order valence-corrected chi connectivity index (χ4v) is 9.18. The van der Waals surface area contributed by atoms with Gasteiger partial charge in [-0.05, 0) is 82.9 Å². The number of hydrogen-bond acceptors (Lipinski definition) is 4. The van der Waals surface area contributed by atoms with Crippen LogP contribution in [-0.4, -0.2) is 24.1 Å². The lowest BCUT2D eigenvalue weighted by atomic mass is 10.0. The van der Waals surface area contributed by atoms with Crippen LogP contribution >= 0.6 is 0 Å². The molecule has 6 nitrogen and oxygen atoms in total. The lowest BCUT2D eigenvalue weighted by Crippen LogP contribution is -2.02. The minimum absolute atomic E-state index is 0.489. The molecule has 0 aliphatic heterocycles. The van der Waals surface area contributed by atoms with Crippen LogP contribution in [-0.2, 0) is 0 Å². The van der Waals surface area contributed by atoms with Crippen molar-refractivity contribution in [3.63, 3.8) is 0 Å². The van der Waals surface area contributed by atoms with Crippen LogP contribution in [0.1, 0.15) is 5.56 Å². The quantitative estimate of drug-likeness (QED) is 0.161. The minimum atomic E-state index is 0.489. The first-order valence-electron chi connectivity index (χ1n) is 21.3. The van der Waals surface area contributed by atoms with Gasteiger partial charge in [0.2, 0.25) is 0 Å². The van der Waals surface area contributed by atoms with Crippen molar-refractivity contribution >= 4 is 43.6 Å². The fraction of sp³-hybridized carbons (Fsp3) is 0. The van der Waals surface area contributed by atoms with E-state index in [1.165, 1.54) is 16.2 Å². The van der Waals surface area contributed by atoms with Crippen LogP contribution in [0.4, 0.5) is 0 Å². The van der Waals surface area contributed by atoms with E-state index in [0.29, 0.717) is 23.0 Å². The predicted molar refractivity (Wildman–Crippen MR) is 260 cm³/mol. The molecule has 0 atom stereocenters. The Morgan fingerprint density at radius 3 is 1.36 bits per heavy atom. The highest BCUT2D eigenvalue weighted by atomic mass is 15.0. The van der Waals surface area contributed by atoms with Gasteiger partial charge in [0.05, 0.1) is 33.7 Å². The molecule has 0 radical (unpaired) electrons. The molecule has 0 saturated carbocycles. The summed E-state index contributed by atoms with van der Waals surface area (Å²) in [7, 11) is 0. The van der Waals surface area contributed by atoms with Gasteiger partial charge in [0.25, 0.3) is 0 Å². The van der Waals surface area contributed by atoms with Crippen molar-refractivity contribution in [1.82, 2.24) is 24.1 Å².